The van der Waals surface area contributed by atoms with Crippen LogP contribution in [0.15, 0.2) is 42.5 Å². The lowest BCUT2D eigenvalue weighted by Crippen LogP contribution is -2.35. The molecule has 1 aliphatic rings. The number of benzene rings is 2. The Morgan fingerprint density at radius 3 is 2.68 bits per heavy atom. The van der Waals surface area contributed by atoms with Crippen LogP contribution in [0, 0.1) is 6.92 Å². The van der Waals surface area contributed by atoms with Gasteiger partial charge in [-0.25, -0.2) is 0 Å². The number of carbonyl (C=O) groups excluding carboxylic acids is 1. The van der Waals surface area contributed by atoms with Crippen molar-refractivity contribution in [1.82, 2.24) is 0 Å². The number of amides is 1. The minimum absolute atomic E-state index is 0.113. The molecule has 3 rings (SSSR count). The highest BCUT2D eigenvalue weighted by atomic mass is 16.5. The fourth-order valence-corrected chi connectivity index (χ4v) is 2.97. The minimum Gasteiger partial charge on any atom is -0.493 e. The third-order valence-corrected chi connectivity index (χ3v) is 4.24. The molecule has 2 aromatic carbocycles. The number of carboxylic acids is 1. The summed E-state index contributed by atoms with van der Waals surface area (Å²) in [6.07, 6.45) is 0. The summed E-state index contributed by atoms with van der Waals surface area (Å²) >= 11 is 0. The SMILES string of the molecule is COc1cc(C)ccc1OCC(=O)N1C[C@@H](C(=O)O)c2ccccc21. The van der Waals surface area contributed by atoms with Crippen LogP contribution in [0.4, 0.5) is 5.69 Å². The van der Waals surface area contributed by atoms with Crippen molar-refractivity contribution in [2.45, 2.75) is 12.8 Å². The number of rotatable bonds is 5. The van der Waals surface area contributed by atoms with Crippen LogP contribution in [-0.4, -0.2) is 37.2 Å². The molecule has 0 aliphatic carbocycles. The Hall–Kier alpha value is -3.02. The van der Waals surface area contributed by atoms with E-state index >= 15 is 0 Å². The third kappa shape index (κ3) is 3.28. The molecular formula is C19H19NO5. The molecule has 0 aromatic heterocycles. The highest BCUT2D eigenvalue weighted by Gasteiger charge is 2.36. The largest absolute Gasteiger partial charge is 0.493 e. The van der Waals surface area contributed by atoms with E-state index in [0.29, 0.717) is 22.7 Å². The molecule has 2 aromatic rings. The second-order valence-electron chi connectivity index (χ2n) is 5.90. The number of para-hydroxylation sites is 1. The normalized spacial score (nSPS) is 15.6. The molecule has 0 bridgehead atoms. The number of aliphatic carboxylic acids is 1. The van der Waals surface area contributed by atoms with Crippen LogP contribution in [0.1, 0.15) is 17.0 Å². The molecule has 0 saturated carbocycles. The summed E-state index contributed by atoms with van der Waals surface area (Å²) in [6, 6.07) is 12.5. The molecule has 6 nitrogen and oxygen atoms in total. The van der Waals surface area contributed by atoms with E-state index < -0.39 is 11.9 Å². The first-order valence-electron chi connectivity index (χ1n) is 7.91. The van der Waals surface area contributed by atoms with Crippen molar-refractivity contribution in [3.05, 3.63) is 53.6 Å². The highest BCUT2D eigenvalue weighted by Crippen LogP contribution is 2.36. The summed E-state index contributed by atoms with van der Waals surface area (Å²) in [5, 5.41) is 9.38. The van der Waals surface area contributed by atoms with Gasteiger partial charge in [0.05, 0.1) is 7.11 Å². The maximum absolute atomic E-state index is 12.6. The first kappa shape index (κ1) is 16.8. The van der Waals surface area contributed by atoms with Gasteiger partial charge in [0, 0.05) is 12.2 Å². The molecule has 1 amide bonds. The number of aryl methyl sites for hydroxylation is 1. The van der Waals surface area contributed by atoms with Crippen molar-refractivity contribution in [2.75, 3.05) is 25.2 Å². The predicted octanol–water partition coefficient (Wildman–Crippen LogP) is 2.60. The van der Waals surface area contributed by atoms with Gasteiger partial charge in [0.15, 0.2) is 18.1 Å². The first-order valence-corrected chi connectivity index (χ1v) is 7.91. The number of carboxylic acid groups (broad SMARTS) is 1. The van der Waals surface area contributed by atoms with Gasteiger partial charge in [-0.2, -0.15) is 0 Å². The van der Waals surface area contributed by atoms with Crippen molar-refractivity contribution in [3.8, 4) is 11.5 Å². The maximum atomic E-state index is 12.6. The van der Waals surface area contributed by atoms with Crippen molar-refractivity contribution in [1.29, 1.82) is 0 Å². The zero-order chi connectivity index (χ0) is 18.0. The molecule has 1 aliphatic heterocycles. The van der Waals surface area contributed by atoms with E-state index in [9.17, 15) is 14.7 Å². The minimum atomic E-state index is -0.941. The lowest BCUT2D eigenvalue weighted by molar-refractivity contribution is -0.138. The summed E-state index contributed by atoms with van der Waals surface area (Å²) in [5.74, 6) is -0.918. The lowest BCUT2D eigenvalue weighted by Gasteiger charge is -2.18. The molecule has 0 unspecified atom stereocenters. The molecule has 1 atom stereocenters. The van der Waals surface area contributed by atoms with Crippen LogP contribution in [0.3, 0.4) is 0 Å². The zero-order valence-corrected chi connectivity index (χ0v) is 14.1. The van der Waals surface area contributed by atoms with Crippen molar-refractivity contribution in [3.63, 3.8) is 0 Å². The Balaban J connectivity index is 1.75. The quantitative estimate of drug-likeness (QED) is 0.905. The number of hydrogen-bond donors (Lipinski definition) is 1. The Morgan fingerprint density at radius 1 is 1.20 bits per heavy atom. The zero-order valence-electron chi connectivity index (χ0n) is 14.1. The van der Waals surface area contributed by atoms with Crippen LogP contribution in [0.5, 0.6) is 11.5 Å². The van der Waals surface area contributed by atoms with Gasteiger partial charge in [-0.3, -0.25) is 9.59 Å². The summed E-state index contributed by atoms with van der Waals surface area (Å²) < 4.78 is 10.9. The summed E-state index contributed by atoms with van der Waals surface area (Å²) in [4.78, 5) is 25.5. The van der Waals surface area contributed by atoms with Crippen molar-refractivity contribution < 1.29 is 24.2 Å². The third-order valence-electron chi connectivity index (χ3n) is 4.24. The van der Waals surface area contributed by atoms with E-state index in [2.05, 4.69) is 0 Å². The molecule has 0 radical (unpaired) electrons. The Kier molecular flexibility index (Phi) is 4.61. The maximum Gasteiger partial charge on any atom is 0.312 e. The second-order valence-corrected chi connectivity index (χ2v) is 5.90. The second kappa shape index (κ2) is 6.84. The van der Waals surface area contributed by atoms with Crippen LogP contribution in [0.2, 0.25) is 0 Å². The van der Waals surface area contributed by atoms with Gasteiger partial charge in [0.2, 0.25) is 0 Å². The van der Waals surface area contributed by atoms with Gasteiger partial charge in [0.1, 0.15) is 5.92 Å². The topological polar surface area (TPSA) is 76.1 Å². The molecule has 130 valence electrons. The number of ether oxygens (including phenoxy) is 2. The Morgan fingerprint density at radius 2 is 1.96 bits per heavy atom. The fourth-order valence-electron chi connectivity index (χ4n) is 2.97. The molecule has 0 fully saturated rings. The number of fused-ring (bicyclic) bond motifs is 1. The average molecular weight is 341 g/mol. The van der Waals surface area contributed by atoms with Crippen LogP contribution < -0.4 is 14.4 Å². The first-order chi connectivity index (χ1) is 12.0. The molecular weight excluding hydrogens is 322 g/mol. The predicted molar refractivity (Wildman–Crippen MR) is 92.4 cm³/mol. The number of hydrogen-bond acceptors (Lipinski definition) is 4. The lowest BCUT2D eigenvalue weighted by atomic mass is 10.0. The van der Waals surface area contributed by atoms with Gasteiger partial charge in [-0.05, 0) is 36.2 Å². The molecule has 1 N–H and O–H groups in total. The van der Waals surface area contributed by atoms with Crippen LogP contribution >= 0.6 is 0 Å². The smallest absolute Gasteiger partial charge is 0.312 e. The molecule has 25 heavy (non-hydrogen) atoms. The Labute approximate surface area is 145 Å². The summed E-state index contributed by atoms with van der Waals surface area (Å²) in [7, 11) is 1.54. The van der Waals surface area contributed by atoms with E-state index in [1.807, 2.05) is 19.1 Å². The number of carbonyl (C=O) groups is 2. The highest BCUT2D eigenvalue weighted by molar-refractivity contribution is 5.99. The van der Waals surface area contributed by atoms with Gasteiger partial charge in [-0.1, -0.05) is 24.3 Å². The van der Waals surface area contributed by atoms with Crippen LogP contribution in [0.25, 0.3) is 0 Å². The van der Waals surface area contributed by atoms with Gasteiger partial charge in [0.25, 0.3) is 5.91 Å². The molecule has 1 heterocycles. The number of anilines is 1. The summed E-state index contributed by atoms with van der Waals surface area (Å²) in [5.41, 5.74) is 2.30. The summed E-state index contributed by atoms with van der Waals surface area (Å²) in [6.45, 7) is 1.85. The van der Waals surface area contributed by atoms with Crippen LogP contribution in [-0.2, 0) is 9.59 Å². The number of methoxy groups -OCH3 is 1. The monoisotopic (exact) mass is 341 g/mol. The molecule has 6 heteroatoms. The van der Waals surface area contributed by atoms with Gasteiger partial charge < -0.3 is 19.5 Å². The molecule has 0 saturated heterocycles. The van der Waals surface area contributed by atoms with Crippen molar-refractivity contribution >= 4 is 17.6 Å². The van der Waals surface area contributed by atoms with Crippen molar-refractivity contribution in [2.24, 2.45) is 0 Å². The van der Waals surface area contributed by atoms with E-state index in [1.54, 1.807) is 30.3 Å². The fraction of sp³-hybridized carbons (Fsp3) is 0.263. The van der Waals surface area contributed by atoms with E-state index in [1.165, 1.54) is 12.0 Å². The Bertz CT molecular complexity index is 817. The van der Waals surface area contributed by atoms with Gasteiger partial charge >= 0.3 is 5.97 Å². The van der Waals surface area contributed by atoms with E-state index in [4.69, 9.17) is 9.47 Å². The average Bonchev–Trinajstić information content (AvgIpc) is 3.00. The standard InChI is InChI=1S/C19H19NO5/c1-12-7-8-16(17(9-12)24-2)25-11-18(21)20-10-14(19(22)23)13-5-3-4-6-15(13)20/h3-9,14H,10-11H2,1-2H3,(H,22,23)/t14-/m1/s1. The van der Waals surface area contributed by atoms with Gasteiger partial charge in [-0.15, -0.1) is 0 Å². The molecule has 0 spiro atoms. The van der Waals surface area contributed by atoms with E-state index in [0.717, 1.165) is 5.56 Å². The number of nitrogens with zero attached hydrogens (tertiary/aromatic N) is 1. The van der Waals surface area contributed by atoms with E-state index in [-0.39, 0.29) is 19.1 Å².